The number of benzene rings is 2. The molecule has 0 spiro atoms. The highest BCUT2D eigenvalue weighted by molar-refractivity contribution is 5.84. The Labute approximate surface area is 128 Å². The standard InChI is InChI=1S/C18H15NO3/c1-12-10-17(19-16-5-3-2-4-15(12)16)13-6-8-14(9-7-13)22-11-18(20)21/h2-10H,11H2,1H3,(H,20,21)/p-1. The first-order chi connectivity index (χ1) is 10.6. The number of carbonyl (C=O) groups excluding carboxylic acids is 1. The molecular weight excluding hydrogens is 278 g/mol. The van der Waals surface area contributed by atoms with Gasteiger partial charge in [-0.25, -0.2) is 4.98 Å². The van der Waals surface area contributed by atoms with Crippen molar-refractivity contribution >= 4 is 16.9 Å². The summed E-state index contributed by atoms with van der Waals surface area (Å²) >= 11 is 0. The number of hydrogen-bond acceptors (Lipinski definition) is 4. The fourth-order valence-corrected chi connectivity index (χ4v) is 2.36. The van der Waals surface area contributed by atoms with Gasteiger partial charge < -0.3 is 14.6 Å². The summed E-state index contributed by atoms with van der Waals surface area (Å²) < 4.78 is 5.07. The molecule has 2 aromatic carbocycles. The van der Waals surface area contributed by atoms with E-state index in [2.05, 4.69) is 18.0 Å². The summed E-state index contributed by atoms with van der Waals surface area (Å²) in [5.41, 5.74) is 3.95. The molecule has 0 aliphatic heterocycles. The number of ether oxygens (including phenoxy) is 1. The molecule has 0 saturated carbocycles. The monoisotopic (exact) mass is 292 g/mol. The van der Waals surface area contributed by atoms with Crippen molar-refractivity contribution < 1.29 is 14.6 Å². The maximum atomic E-state index is 10.4. The van der Waals surface area contributed by atoms with Gasteiger partial charge in [0.15, 0.2) is 0 Å². The molecule has 0 unspecified atom stereocenters. The van der Waals surface area contributed by atoms with Gasteiger partial charge in [0, 0.05) is 10.9 Å². The van der Waals surface area contributed by atoms with Crippen molar-refractivity contribution in [2.45, 2.75) is 6.92 Å². The summed E-state index contributed by atoms with van der Waals surface area (Å²) in [7, 11) is 0. The van der Waals surface area contributed by atoms with Gasteiger partial charge in [-0.15, -0.1) is 0 Å². The molecule has 0 N–H and O–H groups in total. The number of hydrogen-bond donors (Lipinski definition) is 0. The first-order valence-corrected chi connectivity index (χ1v) is 6.93. The van der Waals surface area contributed by atoms with Gasteiger partial charge in [0.25, 0.3) is 0 Å². The van der Waals surface area contributed by atoms with E-state index >= 15 is 0 Å². The molecular formula is C18H14NO3-. The molecule has 3 rings (SSSR count). The van der Waals surface area contributed by atoms with E-state index < -0.39 is 12.6 Å². The zero-order valence-electron chi connectivity index (χ0n) is 12.1. The van der Waals surface area contributed by atoms with E-state index in [1.54, 1.807) is 12.1 Å². The Bertz CT molecular complexity index is 825. The summed E-state index contributed by atoms with van der Waals surface area (Å²) in [5, 5.41) is 11.5. The number of carbonyl (C=O) groups is 1. The van der Waals surface area contributed by atoms with Gasteiger partial charge in [0.05, 0.1) is 17.2 Å². The molecule has 0 aliphatic carbocycles. The number of nitrogens with zero attached hydrogens (tertiary/aromatic N) is 1. The van der Waals surface area contributed by atoms with Gasteiger partial charge in [-0.2, -0.15) is 0 Å². The fraction of sp³-hybridized carbons (Fsp3) is 0.111. The predicted molar refractivity (Wildman–Crippen MR) is 82.4 cm³/mol. The maximum Gasteiger partial charge on any atom is 0.128 e. The molecule has 4 heteroatoms. The van der Waals surface area contributed by atoms with E-state index in [1.165, 1.54) is 0 Å². The van der Waals surface area contributed by atoms with Gasteiger partial charge in [-0.3, -0.25) is 0 Å². The third-order valence-electron chi connectivity index (χ3n) is 3.43. The van der Waals surface area contributed by atoms with Gasteiger partial charge >= 0.3 is 0 Å². The van der Waals surface area contributed by atoms with Crippen molar-refractivity contribution in [1.82, 2.24) is 4.98 Å². The lowest BCUT2D eigenvalue weighted by molar-refractivity contribution is -0.307. The minimum Gasteiger partial charge on any atom is -0.546 e. The molecule has 110 valence electrons. The summed E-state index contributed by atoms with van der Waals surface area (Å²) in [4.78, 5) is 15.0. The van der Waals surface area contributed by atoms with E-state index in [4.69, 9.17) is 4.74 Å². The molecule has 0 bridgehead atoms. The smallest absolute Gasteiger partial charge is 0.128 e. The first-order valence-electron chi connectivity index (χ1n) is 6.93. The van der Waals surface area contributed by atoms with Gasteiger partial charge in [0.1, 0.15) is 12.4 Å². The van der Waals surface area contributed by atoms with Crippen molar-refractivity contribution in [2.24, 2.45) is 0 Å². The van der Waals surface area contributed by atoms with Crippen LogP contribution >= 0.6 is 0 Å². The third-order valence-corrected chi connectivity index (χ3v) is 3.43. The number of fused-ring (bicyclic) bond motifs is 1. The summed E-state index contributed by atoms with van der Waals surface area (Å²) in [6.45, 7) is 1.61. The average Bonchev–Trinajstić information content (AvgIpc) is 2.53. The predicted octanol–water partition coefficient (Wildman–Crippen LogP) is 2.34. The first kappa shape index (κ1) is 14.1. The van der Waals surface area contributed by atoms with Crippen LogP contribution in [0.5, 0.6) is 5.75 Å². The quantitative estimate of drug-likeness (QED) is 0.740. The highest BCUT2D eigenvalue weighted by Gasteiger charge is 2.05. The molecule has 0 fully saturated rings. The van der Waals surface area contributed by atoms with Crippen molar-refractivity contribution in [2.75, 3.05) is 6.61 Å². The van der Waals surface area contributed by atoms with Gasteiger partial charge in [0.2, 0.25) is 0 Å². The van der Waals surface area contributed by atoms with Gasteiger partial charge in [-0.1, -0.05) is 18.2 Å². The number of para-hydroxylation sites is 1. The van der Waals surface area contributed by atoms with E-state index in [0.717, 1.165) is 27.7 Å². The Morgan fingerprint density at radius 2 is 1.86 bits per heavy atom. The Balaban J connectivity index is 1.92. The second-order valence-electron chi connectivity index (χ2n) is 5.03. The van der Waals surface area contributed by atoms with Crippen LogP contribution in [0.4, 0.5) is 0 Å². The molecule has 0 aliphatic rings. The fourth-order valence-electron chi connectivity index (χ4n) is 2.36. The number of aliphatic carboxylic acids is 1. The zero-order valence-corrected chi connectivity index (χ0v) is 12.1. The molecule has 0 radical (unpaired) electrons. The van der Waals surface area contributed by atoms with Crippen LogP contribution in [0.15, 0.2) is 54.6 Å². The van der Waals surface area contributed by atoms with Crippen molar-refractivity contribution in [3.63, 3.8) is 0 Å². The Morgan fingerprint density at radius 1 is 1.14 bits per heavy atom. The van der Waals surface area contributed by atoms with Crippen LogP contribution in [0.1, 0.15) is 5.56 Å². The van der Waals surface area contributed by atoms with Crippen LogP contribution < -0.4 is 9.84 Å². The number of rotatable bonds is 4. The van der Waals surface area contributed by atoms with E-state index in [1.807, 2.05) is 36.4 Å². The Morgan fingerprint density at radius 3 is 2.59 bits per heavy atom. The van der Waals surface area contributed by atoms with Crippen LogP contribution in [-0.2, 0) is 4.79 Å². The summed E-state index contributed by atoms with van der Waals surface area (Å²) in [6.07, 6.45) is 0. The lowest BCUT2D eigenvalue weighted by Crippen LogP contribution is -2.28. The van der Waals surface area contributed by atoms with Crippen LogP contribution in [0.3, 0.4) is 0 Å². The highest BCUT2D eigenvalue weighted by atomic mass is 16.5. The van der Waals surface area contributed by atoms with E-state index in [-0.39, 0.29) is 0 Å². The normalized spacial score (nSPS) is 10.6. The molecule has 0 saturated heterocycles. The highest BCUT2D eigenvalue weighted by Crippen LogP contribution is 2.25. The molecule has 4 nitrogen and oxygen atoms in total. The molecule has 0 amide bonds. The minimum absolute atomic E-state index is 0.452. The number of aryl methyl sites for hydroxylation is 1. The number of aromatic nitrogens is 1. The van der Waals surface area contributed by atoms with Crippen LogP contribution in [0, 0.1) is 6.92 Å². The molecule has 0 atom stereocenters. The second kappa shape index (κ2) is 5.85. The van der Waals surface area contributed by atoms with Crippen molar-refractivity contribution in [1.29, 1.82) is 0 Å². The summed E-state index contributed by atoms with van der Waals surface area (Å²) in [6, 6.07) is 17.2. The minimum atomic E-state index is -1.24. The topological polar surface area (TPSA) is 62.2 Å². The molecule has 1 aromatic heterocycles. The average molecular weight is 292 g/mol. The lowest BCUT2D eigenvalue weighted by Gasteiger charge is -2.09. The largest absolute Gasteiger partial charge is 0.546 e. The summed E-state index contributed by atoms with van der Waals surface area (Å²) in [5.74, 6) is -0.749. The lowest BCUT2D eigenvalue weighted by atomic mass is 10.1. The molecule has 22 heavy (non-hydrogen) atoms. The third kappa shape index (κ3) is 2.91. The van der Waals surface area contributed by atoms with E-state index in [0.29, 0.717) is 5.75 Å². The molecule has 1 heterocycles. The second-order valence-corrected chi connectivity index (χ2v) is 5.03. The van der Waals surface area contributed by atoms with Crippen molar-refractivity contribution in [3.05, 3.63) is 60.2 Å². The van der Waals surface area contributed by atoms with Crippen LogP contribution in [-0.4, -0.2) is 17.6 Å². The van der Waals surface area contributed by atoms with E-state index in [9.17, 15) is 9.90 Å². The molecule has 3 aromatic rings. The Kier molecular flexibility index (Phi) is 3.74. The number of carboxylic acids is 1. The maximum absolute atomic E-state index is 10.4. The van der Waals surface area contributed by atoms with Gasteiger partial charge in [-0.05, 0) is 48.9 Å². The number of carboxylic acid groups (broad SMARTS) is 1. The zero-order chi connectivity index (χ0) is 15.5. The van der Waals surface area contributed by atoms with Crippen molar-refractivity contribution in [3.8, 4) is 17.0 Å². The van der Waals surface area contributed by atoms with Crippen LogP contribution in [0.2, 0.25) is 0 Å². The Hall–Kier alpha value is -2.88. The van der Waals surface area contributed by atoms with Crippen LogP contribution in [0.25, 0.3) is 22.2 Å². The number of pyridine rings is 1. The SMILES string of the molecule is Cc1cc(-c2ccc(OCC(=O)[O-])cc2)nc2ccccc12.